The molecular formula is C11H12ClNO. The van der Waals surface area contributed by atoms with Crippen LogP contribution in [0.1, 0.15) is 11.6 Å². The first kappa shape index (κ1) is 9.56. The Kier molecular flexibility index (Phi) is 2.75. The average Bonchev–Trinajstić information content (AvgIpc) is 2.70. The van der Waals surface area contributed by atoms with Crippen molar-refractivity contribution in [2.45, 2.75) is 6.04 Å². The van der Waals surface area contributed by atoms with Crippen LogP contribution in [0, 0.1) is 0 Å². The summed E-state index contributed by atoms with van der Waals surface area (Å²) in [6.45, 7) is 0.903. The van der Waals surface area contributed by atoms with Crippen LogP contribution in [0.15, 0.2) is 30.4 Å². The molecular weight excluding hydrogens is 198 g/mol. The van der Waals surface area contributed by atoms with Gasteiger partial charge in [0.05, 0.1) is 13.2 Å². The Morgan fingerprint density at radius 1 is 1.50 bits per heavy atom. The molecule has 0 bridgehead atoms. The number of ether oxygens (including phenoxy) is 1. The van der Waals surface area contributed by atoms with Crippen molar-refractivity contribution >= 4 is 11.6 Å². The summed E-state index contributed by atoms with van der Waals surface area (Å²) in [4.78, 5) is 0. The molecule has 1 aromatic rings. The normalized spacial score (nSPS) is 20.0. The van der Waals surface area contributed by atoms with Gasteiger partial charge in [-0.2, -0.15) is 0 Å². The molecule has 0 fully saturated rings. The first-order valence-electron chi connectivity index (χ1n) is 4.55. The minimum absolute atomic E-state index is 0.226. The summed E-state index contributed by atoms with van der Waals surface area (Å²) in [6, 6.07) is 5.89. The van der Waals surface area contributed by atoms with Gasteiger partial charge in [0.1, 0.15) is 5.75 Å². The van der Waals surface area contributed by atoms with Crippen molar-refractivity contribution < 1.29 is 4.74 Å². The maximum atomic E-state index is 5.94. The quantitative estimate of drug-likeness (QED) is 0.756. The molecule has 3 heteroatoms. The van der Waals surface area contributed by atoms with E-state index in [0.717, 1.165) is 22.9 Å². The lowest BCUT2D eigenvalue weighted by atomic mass is 10.1. The minimum atomic E-state index is 0.226. The van der Waals surface area contributed by atoms with Gasteiger partial charge in [0, 0.05) is 17.1 Å². The third-order valence-electron chi connectivity index (χ3n) is 2.31. The number of nitrogens with one attached hydrogen (secondary N) is 1. The average molecular weight is 210 g/mol. The third kappa shape index (κ3) is 1.76. The molecule has 2 nitrogen and oxygen atoms in total. The highest BCUT2D eigenvalue weighted by Gasteiger charge is 2.15. The number of hydrogen-bond acceptors (Lipinski definition) is 2. The first-order chi connectivity index (χ1) is 6.81. The van der Waals surface area contributed by atoms with E-state index in [1.807, 2.05) is 18.2 Å². The summed E-state index contributed by atoms with van der Waals surface area (Å²) in [5.41, 5.74) is 1.09. The summed E-state index contributed by atoms with van der Waals surface area (Å²) >= 11 is 5.94. The Morgan fingerprint density at radius 3 is 3.00 bits per heavy atom. The summed E-state index contributed by atoms with van der Waals surface area (Å²) in [7, 11) is 1.67. The summed E-state index contributed by atoms with van der Waals surface area (Å²) in [6.07, 6.45) is 4.22. The second kappa shape index (κ2) is 4.03. The van der Waals surface area contributed by atoms with Crippen molar-refractivity contribution in [3.8, 4) is 5.75 Å². The number of rotatable bonds is 2. The molecule has 0 saturated carbocycles. The van der Waals surface area contributed by atoms with Gasteiger partial charge < -0.3 is 10.1 Å². The van der Waals surface area contributed by atoms with Crippen LogP contribution in [0.2, 0.25) is 5.02 Å². The van der Waals surface area contributed by atoms with Crippen LogP contribution in [0.3, 0.4) is 0 Å². The molecule has 2 rings (SSSR count). The lowest BCUT2D eigenvalue weighted by Gasteiger charge is -2.14. The summed E-state index contributed by atoms with van der Waals surface area (Å²) in [5.74, 6) is 0.874. The van der Waals surface area contributed by atoms with Crippen LogP contribution in [0.4, 0.5) is 0 Å². The molecule has 0 radical (unpaired) electrons. The first-order valence-corrected chi connectivity index (χ1v) is 4.92. The van der Waals surface area contributed by atoms with Gasteiger partial charge in [-0.25, -0.2) is 0 Å². The minimum Gasteiger partial charge on any atom is -0.496 e. The zero-order valence-electron chi connectivity index (χ0n) is 7.96. The van der Waals surface area contributed by atoms with E-state index in [1.165, 1.54) is 0 Å². The molecule has 74 valence electrons. The van der Waals surface area contributed by atoms with E-state index >= 15 is 0 Å². The maximum absolute atomic E-state index is 5.94. The van der Waals surface area contributed by atoms with Crippen molar-refractivity contribution in [2.24, 2.45) is 0 Å². The van der Waals surface area contributed by atoms with Crippen molar-refractivity contribution in [3.63, 3.8) is 0 Å². The van der Waals surface area contributed by atoms with Crippen LogP contribution in [-0.2, 0) is 0 Å². The van der Waals surface area contributed by atoms with Crippen molar-refractivity contribution in [1.82, 2.24) is 5.32 Å². The van der Waals surface area contributed by atoms with Gasteiger partial charge in [-0.1, -0.05) is 23.8 Å². The monoisotopic (exact) mass is 209 g/mol. The topological polar surface area (TPSA) is 21.3 Å². The largest absolute Gasteiger partial charge is 0.496 e. The number of methoxy groups -OCH3 is 1. The smallest absolute Gasteiger partial charge is 0.124 e. The van der Waals surface area contributed by atoms with Crippen molar-refractivity contribution in [3.05, 3.63) is 40.9 Å². The Hall–Kier alpha value is -0.990. The number of halogens is 1. The summed E-state index contributed by atoms with van der Waals surface area (Å²) < 4.78 is 5.28. The molecule has 1 atom stereocenters. The van der Waals surface area contributed by atoms with E-state index in [0.29, 0.717) is 0 Å². The predicted molar refractivity (Wildman–Crippen MR) is 57.9 cm³/mol. The fourth-order valence-electron chi connectivity index (χ4n) is 1.63. The van der Waals surface area contributed by atoms with Crippen LogP contribution in [0.5, 0.6) is 5.75 Å². The van der Waals surface area contributed by atoms with Crippen molar-refractivity contribution in [2.75, 3.05) is 13.7 Å². The maximum Gasteiger partial charge on any atom is 0.124 e. The molecule has 1 aromatic carbocycles. The van der Waals surface area contributed by atoms with Gasteiger partial charge in [-0.3, -0.25) is 0 Å². The number of benzene rings is 1. The van der Waals surface area contributed by atoms with E-state index in [9.17, 15) is 0 Å². The van der Waals surface area contributed by atoms with Gasteiger partial charge in [-0.05, 0) is 18.2 Å². The summed E-state index contributed by atoms with van der Waals surface area (Å²) in [5, 5.41) is 4.06. The molecule has 0 aliphatic carbocycles. The molecule has 0 spiro atoms. The molecule has 1 heterocycles. The van der Waals surface area contributed by atoms with E-state index in [4.69, 9.17) is 16.3 Å². The third-order valence-corrected chi connectivity index (χ3v) is 2.55. The van der Waals surface area contributed by atoms with Crippen LogP contribution in [-0.4, -0.2) is 13.7 Å². The Morgan fingerprint density at radius 2 is 2.36 bits per heavy atom. The van der Waals surface area contributed by atoms with Gasteiger partial charge in [0.2, 0.25) is 0 Å². The molecule has 0 saturated heterocycles. The standard InChI is InChI=1S/C11H12ClNO/c1-14-11-5-4-8(12)7-9(11)10-3-2-6-13-10/h2-5,7,10,13H,6H2,1H3. The predicted octanol–water partition coefficient (Wildman–Crippen LogP) is 2.55. The highest BCUT2D eigenvalue weighted by Crippen LogP contribution is 2.30. The molecule has 0 aromatic heterocycles. The fraction of sp³-hybridized carbons (Fsp3) is 0.273. The van der Waals surface area contributed by atoms with Gasteiger partial charge in [0.25, 0.3) is 0 Å². The van der Waals surface area contributed by atoms with Gasteiger partial charge >= 0.3 is 0 Å². The molecule has 1 aliphatic heterocycles. The molecule has 0 amide bonds. The lowest BCUT2D eigenvalue weighted by Crippen LogP contribution is -2.14. The van der Waals surface area contributed by atoms with Crippen LogP contribution >= 0.6 is 11.6 Å². The highest BCUT2D eigenvalue weighted by atomic mass is 35.5. The van der Waals surface area contributed by atoms with E-state index < -0.39 is 0 Å². The van der Waals surface area contributed by atoms with Crippen LogP contribution in [0.25, 0.3) is 0 Å². The van der Waals surface area contributed by atoms with Crippen LogP contribution < -0.4 is 10.1 Å². The zero-order chi connectivity index (χ0) is 9.97. The Balaban J connectivity index is 2.38. The van der Waals surface area contributed by atoms with E-state index in [-0.39, 0.29) is 6.04 Å². The van der Waals surface area contributed by atoms with Gasteiger partial charge in [-0.15, -0.1) is 0 Å². The fourth-order valence-corrected chi connectivity index (χ4v) is 1.81. The zero-order valence-corrected chi connectivity index (χ0v) is 8.71. The SMILES string of the molecule is COc1ccc(Cl)cc1C1C=CCN1. The second-order valence-electron chi connectivity index (χ2n) is 3.20. The molecule has 1 aliphatic rings. The Bertz CT molecular complexity index is 362. The molecule has 14 heavy (non-hydrogen) atoms. The second-order valence-corrected chi connectivity index (χ2v) is 3.64. The molecule has 1 N–H and O–H groups in total. The van der Waals surface area contributed by atoms with E-state index in [2.05, 4.69) is 17.5 Å². The van der Waals surface area contributed by atoms with Crippen molar-refractivity contribution in [1.29, 1.82) is 0 Å². The highest BCUT2D eigenvalue weighted by molar-refractivity contribution is 6.30. The number of hydrogen-bond donors (Lipinski definition) is 1. The lowest BCUT2D eigenvalue weighted by molar-refractivity contribution is 0.406. The van der Waals surface area contributed by atoms with Gasteiger partial charge in [0.15, 0.2) is 0 Å². The Labute approximate surface area is 88.5 Å². The van der Waals surface area contributed by atoms with E-state index in [1.54, 1.807) is 7.11 Å². The molecule has 1 unspecified atom stereocenters.